The molecule has 1 aromatic heterocycles. The summed E-state index contributed by atoms with van der Waals surface area (Å²) in [7, 11) is -3.53. The van der Waals surface area contributed by atoms with E-state index in [-0.39, 0.29) is 16.8 Å². The lowest BCUT2D eigenvalue weighted by Gasteiger charge is -2.32. The van der Waals surface area contributed by atoms with Crippen LogP contribution in [-0.4, -0.2) is 56.0 Å². The second-order valence-corrected chi connectivity index (χ2v) is 10.0. The molecular weight excluding hydrogens is 426 g/mol. The number of carbonyl (C=O) groups excluding carboxylic acids is 1. The van der Waals surface area contributed by atoms with Crippen LogP contribution in [0.25, 0.3) is 6.08 Å². The fraction of sp³-hybridized carbons (Fsp3) is 0.417. The van der Waals surface area contributed by atoms with Crippen LogP contribution in [0.4, 0.5) is 5.82 Å². The molecule has 170 valence electrons. The molecule has 0 N–H and O–H groups in total. The first-order valence-electron chi connectivity index (χ1n) is 11.2. The zero-order valence-electron chi connectivity index (χ0n) is 18.1. The average Bonchev–Trinajstić information content (AvgIpc) is 2.85. The Hall–Kier alpha value is -2.55. The molecular formula is C24H29N3O4S. The maximum Gasteiger partial charge on any atom is 0.252 e. The highest BCUT2D eigenvalue weighted by atomic mass is 32.2. The third-order valence-electron chi connectivity index (χ3n) is 5.98. The van der Waals surface area contributed by atoms with Crippen molar-refractivity contribution in [1.29, 1.82) is 0 Å². The van der Waals surface area contributed by atoms with Gasteiger partial charge in [0.2, 0.25) is 10.0 Å². The zero-order valence-corrected chi connectivity index (χ0v) is 18.9. The van der Waals surface area contributed by atoms with Crippen LogP contribution in [0.15, 0.2) is 59.6 Å². The van der Waals surface area contributed by atoms with Gasteiger partial charge in [0.15, 0.2) is 0 Å². The number of ether oxygens (including phenoxy) is 1. The Morgan fingerprint density at radius 2 is 1.75 bits per heavy atom. The summed E-state index contributed by atoms with van der Waals surface area (Å²) in [5.41, 5.74) is 0.767. The molecule has 2 aromatic rings. The number of nitrogens with zero attached hydrogens (tertiary/aromatic N) is 3. The van der Waals surface area contributed by atoms with Crippen molar-refractivity contribution in [3.63, 3.8) is 0 Å². The predicted octanol–water partition coefficient (Wildman–Crippen LogP) is 3.48. The third kappa shape index (κ3) is 5.26. The summed E-state index contributed by atoms with van der Waals surface area (Å²) < 4.78 is 32.2. The molecule has 1 aliphatic carbocycles. The van der Waals surface area contributed by atoms with Gasteiger partial charge >= 0.3 is 0 Å². The van der Waals surface area contributed by atoms with Gasteiger partial charge in [-0.05, 0) is 48.7 Å². The van der Waals surface area contributed by atoms with Gasteiger partial charge in [0.25, 0.3) is 5.91 Å². The Labute approximate surface area is 189 Å². The molecule has 2 fully saturated rings. The summed E-state index contributed by atoms with van der Waals surface area (Å²) in [5.74, 6) is 0.557. The average molecular weight is 456 g/mol. The molecule has 1 saturated carbocycles. The van der Waals surface area contributed by atoms with E-state index >= 15 is 0 Å². The van der Waals surface area contributed by atoms with Crippen LogP contribution in [0, 0.1) is 0 Å². The number of hydrogen-bond donors (Lipinski definition) is 0. The Bertz CT molecular complexity index is 1030. The molecule has 0 atom stereocenters. The molecule has 0 radical (unpaired) electrons. The quantitative estimate of drug-likeness (QED) is 0.623. The molecule has 8 heteroatoms. The number of pyridine rings is 1. The van der Waals surface area contributed by atoms with Gasteiger partial charge in [-0.1, -0.05) is 37.5 Å². The van der Waals surface area contributed by atoms with Gasteiger partial charge in [0.05, 0.1) is 18.1 Å². The van der Waals surface area contributed by atoms with E-state index in [4.69, 9.17) is 4.74 Å². The van der Waals surface area contributed by atoms with Crippen molar-refractivity contribution in [3.8, 4) is 0 Å². The van der Waals surface area contributed by atoms with Crippen LogP contribution in [0.5, 0.6) is 0 Å². The Kier molecular flexibility index (Phi) is 7.34. The van der Waals surface area contributed by atoms with E-state index in [1.54, 1.807) is 47.5 Å². The van der Waals surface area contributed by atoms with Gasteiger partial charge < -0.3 is 4.74 Å². The number of carbonyl (C=O) groups is 1. The second-order valence-electron chi connectivity index (χ2n) is 8.11. The molecule has 32 heavy (non-hydrogen) atoms. The van der Waals surface area contributed by atoms with Crippen molar-refractivity contribution in [2.75, 3.05) is 31.2 Å². The summed E-state index contributed by atoms with van der Waals surface area (Å²) in [4.78, 5) is 19.6. The lowest BCUT2D eigenvalue weighted by Crippen LogP contribution is -2.41. The summed E-state index contributed by atoms with van der Waals surface area (Å²) in [6, 6.07) is 12.4. The molecule has 7 nitrogen and oxygen atoms in total. The van der Waals surface area contributed by atoms with E-state index in [0.717, 1.165) is 31.2 Å². The van der Waals surface area contributed by atoms with Gasteiger partial charge in [0, 0.05) is 31.4 Å². The highest BCUT2D eigenvalue weighted by Gasteiger charge is 2.27. The first-order chi connectivity index (χ1) is 15.6. The minimum Gasteiger partial charge on any atom is -0.379 e. The summed E-state index contributed by atoms with van der Waals surface area (Å²) in [6.07, 6.45) is 10.4. The van der Waals surface area contributed by atoms with Gasteiger partial charge in [-0.2, -0.15) is 4.31 Å². The number of morpholine rings is 1. The molecule has 1 amide bonds. The van der Waals surface area contributed by atoms with E-state index in [1.807, 2.05) is 18.2 Å². The Balaban J connectivity index is 1.49. The maximum atomic E-state index is 13.1. The second kappa shape index (κ2) is 10.4. The number of rotatable bonds is 6. The molecule has 2 aliphatic rings. The summed E-state index contributed by atoms with van der Waals surface area (Å²) in [5, 5.41) is 0. The molecule has 1 aliphatic heterocycles. The number of amides is 1. The van der Waals surface area contributed by atoms with Crippen LogP contribution in [0.2, 0.25) is 0 Å². The maximum absolute atomic E-state index is 13.1. The summed E-state index contributed by atoms with van der Waals surface area (Å²) >= 11 is 0. The van der Waals surface area contributed by atoms with E-state index in [1.165, 1.54) is 10.7 Å². The van der Waals surface area contributed by atoms with Crippen molar-refractivity contribution < 1.29 is 17.9 Å². The third-order valence-corrected chi connectivity index (χ3v) is 7.89. The fourth-order valence-electron chi connectivity index (χ4n) is 4.25. The van der Waals surface area contributed by atoms with Gasteiger partial charge in [-0.15, -0.1) is 0 Å². The molecule has 1 aromatic carbocycles. The highest BCUT2D eigenvalue weighted by Crippen LogP contribution is 2.27. The van der Waals surface area contributed by atoms with Crippen molar-refractivity contribution in [2.45, 2.75) is 43.0 Å². The van der Waals surface area contributed by atoms with E-state index < -0.39 is 10.0 Å². The van der Waals surface area contributed by atoms with Crippen LogP contribution in [-0.2, 0) is 19.6 Å². The lowest BCUT2D eigenvalue weighted by atomic mass is 9.94. The smallest absolute Gasteiger partial charge is 0.252 e. The highest BCUT2D eigenvalue weighted by molar-refractivity contribution is 7.89. The van der Waals surface area contributed by atoms with E-state index in [2.05, 4.69) is 4.98 Å². The monoisotopic (exact) mass is 455 g/mol. The Morgan fingerprint density at radius 1 is 1.03 bits per heavy atom. The number of aromatic nitrogens is 1. The minimum atomic E-state index is -3.53. The Morgan fingerprint density at radius 3 is 2.41 bits per heavy atom. The number of anilines is 1. The topological polar surface area (TPSA) is 79.8 Å². The predicted molar refractivity (Wildman–Crippen MR) is 124 cm³/mol. The number of hydrogen-bond acceptors (Lipinski definition) is 5. The van der Waals surface area contributed by atoms with Crippen molar-refractivity contribution >= 4 is 27.8 Å². The first-order valence-corrected chi connectivity index (χ1v) is 12.6. The SMILES string of the molecule is O=C(C=Cc1ccc(S(=O)(=O)N2CCOCC2)cc1)N(c1ccccn1)C1CCCCC1. The molecule has 0 unspecified atom stereocenters. The first kappa shape index (κ1) is 22.6. The molecule has 2 heterocycles. The lowest BCUT2D eigenvalue weighted by molar-refractivity contribution is -0.114. The largest absolute Gasteiger partial charge is 0.379 e. The minimum absolute atomic E-state index is 0.111. The number of sulfonamides is 1. The van der Waals surface area contributed by atoms with Gasteiger partial charge in [-0.25, -0.2) is 13.4 Å². The zero-order chi connectivity index (χ0) is 22.4. The number of benzene rings is 1. The molecule has 0 bridgehead atoms. The van der Waals surface area contributed by atoms with E-state index in [9.17, 15) is 13.2 Å². The van der Waals surface area contributed by atoms with Crippen LogP contribution in [0.3, 0.4) is 0 Å². The normalized spacial score (nSPS) is 18.6. The van der Waals surface area contributed by atoms with Crippen LogP contribution in [0.1, 0.15) is 37.7 Å². The fourth-order valence-corrected chi connectivity index (χ4v) is 5.66. The molecule has 1 saturated heterocycles. The summed E-state index contributed by atoms with van der Waals surface area (Å²) in [6.45, 7) is 1.55. The van der Waals surface area contributed by atoms with Gasteiger partial charge in [0.1, 0.15) is 5.82 Å². The van der Waals surface area contributed by atoms with Crippen molar-refractivity contribution in [1.82, 2.24) is 9.29 Å². The van der Waals surface area contributed by atoms with Crippen LogP contribution >= 0.6 is 0 Å². The standard InChI is InChI=1S/C24H29N3O4S/c28-24(27(21-6-2-1-3-7-21)23-8-4-5-15-25-23)14-11-20-9-12-22(13-10-20)32(29,30)26-16-18-31-19-17-26/h4-5,8-15,21H,1-3,6-7,16-19H2. The molecule has 4 rings (SSSR count). The van der Waals surface area contributed by atoms with E-state index in [0.29, 0.717) is 32.1 Å². The van der Waals surface area contributed by atoms with Crippen LogP contribution < -0.4 is 4.90 Å². The molecule has 0 spiro atoms. The van der Waals surface area contributed by atoms with Crippen molar-refractivity contribution in [2.24, 2.45) is 0 Å². The van der Waals surface area contributed by atoms with Crippen molar-refractivity contribution in [3.05, 3.63) is 60.3 Å². The van der Waals surface area contributed by atoms with Gasteiger partial charge in [-0.3, -0.25) is 9.69 Å².